The molecule has 0 amide bonds. The third-order valence-corrected chi connectivity index (χ3v) is 4.38. The van der Waals surface area contributed by atoms with E-state index in [-0.39, 0.29) is 12.2 Å². The maximum Gasteiger partial charge on any atom is 0.154 e. The van der Waals surface area contributed by atoms with Gasteiger partial charge in [0.2, 0.25) is 0 Å². The first-order valence-electron chi connectivity index (χ1n) is 8.71. The summed E-state index contributed by atoms with van der Waals surface area (Å²) in [6, 6.07) is 2.34. The first-order valence-corrected chi connectivity index (χ1v) is 8.71. The molecule has 0 aromatic carbocycles. The van der Waals surface area contributed by atoms with Crippen molar-refractivity contribution in [1.82, 2.24) is 0 Å². The molecule has 0 aromatic heterocycles. The summed E-state index contributed by atoms with van der Waals surface area (Å²) in [4.78, 5) is 0. The van der Waals surface area contributed by atoms with Gasteiger partial charge in [-0.2, -0.15) is 5.26 Å². The van der Waals surface area contributed by atoms with Crippen LogP contribution in [0.2, 0.25) is 0 Å². The van der Waals surface area contributed by atoms with E-state index in [1.54, 1.807) is 7.11 Å². The first kappa shape index (κ1) is 19.6. The van der Waals surface area contributed by atoms with Crippen LogP contribution in [-0.2, 0) is 28.4 Å². The lowest BCUT2D eigenvalue weighted by molar-refractivity contribution is -0.136. The van der Waals surface area contributed by atoms with Crippen molar-refractivity contribution in [3.8, 4) is 6.07 Å². The van der Waals surface area contributed by atoms with Crippen LogP contribution >= 0.6 is 0 Å². The lowest BCUT2D eigenvalue weighted by atomic mass is 9.84. The third-order valence-electron chi connectivity index (χ3n) is 4.38. The monoisotopic (exact) mass is 343 g/mol. The summed E-state index contributed by atoms with van der Waals surface area (Å²) in [5, 5.41) is 9.49. The highest BCUT2D eigenvalue weighted by Crippen LogP contribution is 2.32. The topological polar surface area (TPSA) is 79.2 Å². The average molecular weight is 343 g/mol. The van der Waals surface area contributed by atoms with E-state index in [0.29, 0.717) is 65.7 Å². The molecule has 2 aliphatic rings. The van der Waals surface area contributed by atoms with Crippen LogP contribution in [0.1, 0.15) is 25.7 Å². The second-order valence-corrected chi connectivity index (χ2v) is 6.16. The van der Waals surface area contributed by atoms with E-state index in [1.165, 1.54) is 0 Å². The average Bonchev–Trinajstić information content (AvgIpc) is 2.65. The van der Waals surface area contributed by atoms with Gasteiger partial charge in [-0.25, -0.2) is 0 Å². The predicted octanol–water partition coefficient (Wildman–Crippen LogP) is 1.30. The van der Waals surface area contributed by atoms with Crippen molar-refractivity contribution in [1.29, 1.82) is 5.26 Å². The van der Waals surface area contributed by atoms with Gasteiger partial charge in [-0.3, -0.25) is 0 Å². The maximum atomic E-state index is 9.49. The van der Waals surface area contributed by atoms with Crippen molar-refractivity contribution in [2.24, 2.45) is 0 Å². The van der Waals surface area contributed by atoms with Crippen LogP contribution in [-0.4, -0.2) is 77.8 Å². The van der Waals surface area contributed by atoms with Gasteiger partial charge >= 0.3 is 0 Å². The number of methoxy groups -OCH3 is 1. The van der Waals surface area contributed by atoms with Crippen molar-refractivity contribution >= 4 is 0 Å². The van der Waals surface area contributed by atoms with Crippen LogP contribution in [0.5, 0.6) is 0 Å². The quantitative estimate of drug-likeness (QED) is 0.553. The maximum absolute atomic E-state index is 9.49. The van der Waals surface area contributed by atoms with E-state index in [9.17, 15) is 5.26 Å². The molecule has 0 bridgehead atoms. The molecule has 0 aromatic rings. The fraction of sp³-hybridized carbons (Fsp3) is 0.941. The molecule has 1 aliphatic carbocycles. The van der Waals surface area contributed by atoms with Crippen LogP contribution in [0.4, 0.5) is 0 Å². The van der Waals surface area contributed by atoms with Crippen molar-refractivity contribution in [3.63, 3.8) is 0 Å². The Morgan fingerprint density at radius 1 is 1.12 bits per heavy atom. The summed E-state index contributed by atoms with van der Waals surface area (Å²) < 4.78 is 33.0. The van der Waals surface area contributed by atoms with Gasteiger partial charge in [0.25, 0.3) is 0 Å². The predicted molar refractivity (Wildman–Crippen MR) is 85.8 cm³/mol. The highest BCUT2D eigenvalue weighted by atomic mass is 16.6. The number of rotatable bonds is 10. The summed E-state index contributed by atoms with van der Waals surface area (Å²) >= 11 is 0. The largest absolute Gasteiger partial charge is 0.382 e. The highest BCUT2D eigenvalue weighted by molar-refractivity contribution is 5.04. The molecule has 2 rings (SSSR count). The Hall–Kier alpha value is -0.750. The minimum Gasteiger partial charge on any atom is -0.382 e. The molecular formula is C17H29NO6. The zero-order valence-corrected chi connectivity index (χ0v) is 14.5. The summed E-state index contributed by atoms with van der Waals surface area (Å²) in [6.45, 7) is 4.47. The number of ether oxygens (including phenoxy) is 6. The summed E-state index contributed by atoms with van der Waals surface area (Å²) in [6.07, 6.45) is 3.22. The molecule has 0 radical (unpaired) electrons. The molecule has 1 saturated heterocycles. The Morgan fingerprint density at radius 2 is 1.92 bits per heavy atom. The van der Waals surface area contributed by atoms with E-state index in [0.717, 1.165) is 12.8 Å². The van der Waals surface area contributed by atoms with Crippen molar-refractivity contribution in [2.45, 2.75) is 43.5 Å². The molecule has 0 N–H and O–H groups in total. The zero-order valence-electron chi connectivity index (χ0n) is 14.5. The van der Waals surface area contributed by atoms with E-state index in [4.69, 9.17) is 28.4 Å². The van der Waals surface area contributed by atoms with Crippen LogP contribution in [0.15, 0.2) is 0 Å². The summed E-state index contributed by atoms with van der Waals surface area (Å²) in [5.41, 5.74) is -0.699. The van der Waals surface area contributed by atoms with E-state index < -0.39 is 5.60 Å². The van der Waals surface area contributed by atoms with E-state index >= 15 is 0 Å². The molecule has 2 fully saturated rings. The molecule has 1 heterocycles. The molecule has 138 valence electrons. The van der Waals surface area contributed by atoms with Crippen molar-refractivity contribution in [2.75, 3.05) is 60.0 Å². The Balaban J connectivity index is 1.60. The van der Waals surface area contributed by atoms with E-state index in [2.05, 4.69) is 6.07 Å². The lowest BCUT2D eigenvalue weighted by Crippen LogP contribution is -2.40. The van der Waals surface area contributed by atoms with Gasteiger partial charge in [0.05, 0.1) is 65.0 Å². The minimum atomic E-state index is -0.699. The Kier molecular flexibility index (Phi) is 8.95. The Labute approximate surface area is 144 Å². The lowest BCUT2D eigenvalue weighted by Gasteiger charge is -2.35. The fourth-order valence-electron chi connectivity index (χ4n) is 2.93. The molecule has 1 unspecified atom stereocenters. The van der Waals surface area contributed by atoms with Gasteiger partial charge in [-0.15, -0.1) is 0 Å². The van der Waals surface area contributed by atoms with Crippen molar-refractivity contribution < 1.29 is 28.4 Å². The van der Waals surface area contributed by atoms with Gasteiger partial charge < -0.3 is 28.4 Å². The second kappa shape index (κ2) is 11.0. The third kappa shape index (κ3) is 6.63. The molecule has 1 saturated carbocycles. The van der Waals surface area contributed by atoms with E-state index in [1.807, 2.05) is 0 Å². The van der Waals surface area contributed by atoms with Gasteiger partial charge in [-0.05, 0) is 25.7 Å². The first-order chi connectivity index (χ1) is 11.8. The van der Waals surface area contributed by atoms with Crippen LogP contribution in [0.25, 0.3) is 0 Å². The summed E-state index contributed by atoms with van der Waals surface area (Å²) in [5.74, 6) is 0. The standard InChI is InChI=1S/C17H29NO6/c1-19-6-7-20-9-11-24-17(14-18)4-2-15(3-5-17)23-13-16-12-21-8-10-22-16/h15-16H,2-13H2,1H3/t15-,16?,17+. The molecule has 0 spiro atoms. The Morgan fingerprint density at radius 3 is 2.58 bits per heavy atom. The minimum absolute atomic E-state index is 0.0295. The van der Waals surface area contributed by atoms with Gasteiger partial charge in [-0.1, -0.05) is 0 Å². The Bertz CT molecular complexity index is 372. The summed E-state index contributed by atoms with van der Waals surface area (Å²) in [7, 11) is 1.64. The number of nitrogens with zero attached hydrogens (tertiary/aromatic N) is 1. The van der Waals surface area contributed by atoms with Crippen LogP contribution < -0.4 is 0 Å². The smallest absolute Gasteiger partial charge is 0.154 e. The molecular weight excluding hydrogens is 314 g/mol. The number of hydrogen-bond acceptors (Lipinski definition) is 7. The molecule has 7 heteroatoms. The number of nitriles is 1. The molecule has 1 aliphatic heterocycles. The SMILES string of the molecule is COCCOCCO[C@]1(C#N)CC[C@H](OCC2COCCO2)CC1. The van der Waals surface area contributed by atoms with Gasteiger partial charge in [0, 0.05) is 7.11 Å². The molecule has 24 heavy (non-hydrogen) atoms. The number of hydrogen-bond donors (Lipinski definition) is 0. The van der Waals surface area contributed by atoms with Crippen LogP contribution in [0, 0.1) is 11.3 Å². The van der Waals surface area contributed by atoms with Gasteiger partial charge in [0.15, 0.2) is 5.60 Å². The zero-order chi connectivity index (χ0) is 17.1. The van der Waals surface area contributed by atoms with Crippen LogP contribution in [0.3, 0.4) is 0 Å². The molecule has 1 atom stereocenters. The van der Waals surface area contributed by atoms with Gasteiger partial charge in [0.1, 0.15) is 6.10 Å². The molecule has 7 nitrogen and oxygen atoms in total. The highest BCUT2D eigenvalue weighted by Gasteiger charge is 2.37. The normalized spacial score (nSPS) is 30.8. The fourth-order valence-corrected chi connectivity index (χ4v) is 2.93. The van der Waals surface area contributed by atoms with Crippen molar-refractivity contribution in [3.05, 3.63) is 0 Å². The second-order valence-electron chi connectivity index (χ2n) is 6.16.